The molecule has 0 spiro atoms. The van der Waals surface area contributed by atoms with Crippen molar-refractivity contribution in [3.05, 3.63) is 64.2 Å². The number of aliphatic imine (C=N–C) groups is 1. The SMILES string of the molecule is CCN1c2cc(Cl)c(C=Nc3ccc(C(C)(C)C)cc3)cc2C(C)=CC1(C)C. The fourth-order valence-electron chi connectivity index (χ4n) is 3.98. The van der Waals surface area contributed by atoms with E-state index in [1.165, 1.54) is 22.4 Å². The summed E-state index contributed by atoms with van der Waals surface area (Å²) in [7, 11) is 0. The standard InChI is InChI=1S/C25H31ClN2/c1-8-28-23-14-22(26)18(13-21(23)17(2)15-25(28,6)7)16-27-20-11-9-19(10-12-20)24(3,4)5/h9-16H,8H2,1-7H3. The van der Waals surface area contributed by atoms with Gasteiger partial charge >= 0.3 is 0 Å². The summed E-state index contributed by atoms with van der Waals surface area (Å²) in [6, 6.07) is 12.7. The van der Waals surface area contributed by atoms with Crippen LogP contribution in [0.15, 0.2) is 47.5 Å². The largest absolute Gasteiger partial charge is 0.363 e. The molecular formula is C25H31ClN2. The molecule has 2 aromatic rings. The Hall–Kier alpha value is -2.06. The molecule has 0 saturated carbocycles. The molecule has 0 aromatic heterocycles. The Balaban J connectivity index is 1.95. The highest BCUT2D eigenvalue weighted by molar-refractivity contribution is 6.33. The van der Waals surface area contributed by atoms with Gasteiger partial charge in [0.25, 0.3) is 0 Å². The van der Waals surface area contributed by atoms with Crippen molar-refractivity contribution in [1.82, 2.24) is 0 Å². The zero-order valence-corrected chi connectivity index (χ0v) is 18.9. The van der Waals surface area contributed by atoms with Gasteiger partial charge < -0.3 is 4.90 Å². The van der Waals surface area contributed by atoms with Gasteiger partial charge in [-0.3, -0.25) is 4.99 Å². The van der Waals surface area contributed by atoms with Crippen LogP contribution in [0, 0.1) is 0 Å². The maximum Gasteiger partial charge on any atom is 0.0630 e. The molecule has 0 radical (unpaired) electrons. The first kappa shape index (κ1) is 20.7. The van der Waals surface area contributed by atoms with E-state index in [9.17, 15) is 0 Å². The fourth-order valence-corrected chi connectivity index (χ4v) is 4.19. The van der Waals surface area contributed by atoms with E-state index in [1.54, 1.807) is 0 Å². The van der Waals surface area contributed by atoms with Crippen LogP contribution < -0.4 is 4.90 Å². The lowest BCUT2D eigenvalue weighted by atomic mass is 9.87. The number of hydrogen-bond acceptors (Lipinski definition) is 2. The predicted molar refractivity (Wildman–Crippen MR) is 125 cm³/mol. The Bertz CT molecular complexity index is 928. The third-order valence-corrected chi connectivity index (χ3v) is 5.83. The van der Waals surface area contributed by atoms with E-state index in [0.29, 0.717) is 0 Å². The van der Waals surface area contributed by atoms with Crippen LogP contribution in [0.1, 0.15) is 65.2 Å². The van der Waals surface area contributed by atoms with Gasteiger partial charge in [-0.05, 0) is 68.5 Å². The number of nitrogens with zero attached hydrogens (tertiary/aromatic N) is 2. The summed E-state index contributed by atoms with van der Waals surface area (Å²) < 4.78 is 0. The Morgan fingerprint density at radius 1 is 1.11 bits per heavy atom. The highest BCUT2D eigenvalue weighted by Crippen LogP contribution is 2.41. The van der Waals surface area contributed by atoms with Gasteiger partial charge in [-0.1, -0.05) is 50.6 Å². The second kappa shape index (κ2) is 7.40. The van der Waals surface area contributed by atoms with E-state index in [2.05, 4.69) is 101 Å². The van der Waals surface area contributed by atoms with Crippen molar-refractivity contribution < 1.29 is 0 Å². The van der Waals surface area contributed by atoms with Crippen molar-refractivity contribution in [2.45, 2.75) is 59.4 Å². The van der Waals surface area contributed by atoms with Gasteiger partial charge in [0, 0.05) is 29.6 Å². The number of likely N-dealkylation sites (N-methyl/N-ethyl adjacent to an activating group) is 1. The Morgan fingerprint density at radius 2 is 1.75 bits per heavy atom. The summed E-state index contributed by atoms with van der Waals surface area (Å²) in [5.41, 5.74) is 7.03. The minimum absolute atomic E-state index is 0.0143. The number of anilines is 1. The summed E-state index contributed by atoms with van der Waals surface area (Å²) in [5.74, 6) is 0. The maximum absolute atomic E-state index is 6.64. The summed E-state index contributed by atoms with van der Waals surface area (Å²) in [6.07, 6.45) is 4.21. The van der Waals surface area contributed by atoms with Crippen molar-refractivity contribution in [2.24, 2.45) is 4.99 Å². The zero-order valence-electron chi connectivity index (χ0n) is 18.1. The van der Waals surface area contributed by atoms with Gasteiger partial charge in [0.15, 0.2) is 0 Å². The summed E-state index contributed by atoms with van der Waals surface area (Å²) in [6.45, 7) is 16.4. The Morgan fingerprint density at radius 3 is 2.32 bits per heavy atom. The van der Waals surface area contributed by atoms with E-state index in [-0.39, 0.29) is 11.0 Å². The van der Waals surface area contributed by atoms with E-state index >= 15 is 0 Å². The maximum atomic E-state index is 6.64. The molecule has 0 N–H and O–H groups in total. The van der Waals surface area contributed by atoms with Crippen LogP contribution in [0.5, 0.6) is 0 Å². The quantitative estimate of drug-likeness (QED) is 0.495. The Kier molecular flexibility index (Phi) is 5.46. The van der Waals surface area contributed by atoms with E-state index in [1.807, 2.05) is 6.21 Å². The first-order valence-corrected chi connectivity index (χ1v) is 10.4. The average molecular weight is 395 g/mol. The lowest BCUT2D eigenvalue weighted by Gasteiger charge is -2.43. The second-order valence-electron chi connectivity index (χ2n) is 9.17. The topological polar surface area (TPSA) is 15.6 Å². The van der Waals surface area contributed by atoms with Crippen molar-refractivity contribution >= 4 is 34.8 Å². The summed E-state index contributed by atoms with van der Waals surface area (Å²) >= 11 is 6.64. The van der Waals surface area contributed by atoms with Crippen LogP contribution in [0.25, 0.3) is 5.57 Å². The van der Waals surface area contributed by atoms with Gasteiger partial charge in [0.1, 0.15) is 0 Å². The zero-order chi connectivity index (χ0) is 20.7. The molecule has 148 valence electrons. The molecule has 0 amide bonds. The summed E-state index contributed by atoms with van der Waals surface area (Å²) in [4.78, 5) is 7.06. The molecule has 0 fully saturated rings. The van der Waals surface area contributed by atoms with Crippen molar-refractivity contribution in [3.63, 3.8) is 0 Å². The first-order chi connectivity index (χ1) is 13.0. The lowest BCUT2D eigenvalue weighted by molar-refractivity contribution is 0.566. The van der Waals surface area contributed by atoms with Gasteiger partial charge in [-0.25, -0.2) is 0 Å². The lowest BCUT2D eigenvalue weighted by Crippen LogP contribution is -2.44. The minimum atomic E-state index is -0.0143. The predicted octanol–water partition coefficient (Wildman–Crippen LogP) is 7.41. The van der Waals surface area contributed by atoms with Gasteiger partial charge in [0.2, 0.25) is 0 Å². The highest BCUT2D eigenvalue weighted by atomic mass is 35.5. The van der Waals surface area contributed by atoms with Crippen LogP contribution >= 0.6 is 11.6 Å². The van der Waals surface area contributed by atoms with Gasteiger partial charge in [0.05, 0.1) is 16.2 Å². The van der Waals surface area contributed by atoms with Crippen LogP contribution in [0.3, 0.4) is 0 Å². The third-order valence-electron chi connectivity index (χ3n) is 5.50. The van der Waals surface area contributed by atoms with Gasteiger partial charge in [-0.15, -0.1) is 0 Å². The van der Waals surface area contributed by atoms with Gasteiger partial charge in [-0.2, -0.15) is 0 Å². The molecule has 1 heterocycles. The molecular weight excluding hydrogens is 364 g/mol. The first-order valence-electron chi connectivity index (χ1n) is 9.98. The minimum Gasteiger partial charge on any atom is -0.363 e. The number of fused-ring (bicyclic) bond motifs is 1. The van der Waals surface area contributed by atoms with Crippen LogP contribution in [0.4, 0.5) is 11.4 Å². The van der Waals surface area contributed by atoms with E-state index < -0.39 is 0 Å². The smallest absolute Gasteiger partial charge is 0.0630 e. The van der Waals surface area contributed by atoms with Crippen molar-refractivity contribution in [1.29, 1.82) is 0 Å². The number of hydrogen-bond donors (Lipinski definition) is 0. The fraction of sp³-hybridized carbons (Fsp3) is 0.400. The molecule has 0 aliphatic carbocycles. The van der Waals surface area contributed by atoms with Crippen molar-refractivity contribution in [3.8, 4) is 0 Å². The summed E-state index contributed by atoms with van der Waals surface area (Å²) in [5, 5.41) is 0.734. The number of benzene rings is 2. The molecule has 3 rings (SSSR count). The van der Waals surface area contributed by atoms with E-state index in [4.69, 9.17) is 11.6 Å². The van der Waals surface area contributed by atoms with Crippen molar-refractivity contribution in [2.75, 3.05) is 11.4 Å². The van der Waals surface area contributed by atoms with Crippen LogP contribution in [-0.2, 0) is 5.41 Å². The molecule has 3 heteroatoms. The molecule has 0 bridgehead atoms. The second-order valence-corrected chi connectivity index (χ2v) is 9.58. The Labute approximate surface area is 174 Å². The normalized spacial score (nSPS) is 16.3. The molecule has 2 nitrogen and oxygen atoms in total. The average Bonchev–Trinajstić information content (AvgIpc) is 2.59. The monoisotopic (exact) mass is 394 g/mol. The number of halogens is 1. The third kappa shape index (κ3) is 4.03. The van der Waals surface area contributed by atoms with Crippen LogP contribution in [-0.4, -0.2) is 18.3 Å². The van der Waals surface area contributed by atoms with E-state index in [0.717, 1.165) is 22.8 Å². The molecule has 2 aromatic carbocycles. The van der Waals surface area contributed by atoms with Crippen LogP contribution in [0.2, 0.25) is 5.02 Å². The molecule has 1 aliphatic rings. The molecule has 0 saturated heterocycles. The molecule has 0 unspecified atom stereocenters. The molecule has 0 atom stereocenters. The number of allylic oxidation sites excluding steroid dienone is 1. The number of rotatable bonds is 3. The highest BCUT2D eigenvalue weighted by Gasteiger charge is 2.30. The molecule has 1 aliphatic heterocycles. The molecule has 28 heavy (non-hydrogen) atoms.